The van der Waals surface area contributed by atoms with Crippen LogP contribution in [0.4, 0.5) is 22.0 Å². The minimum Gasteiger partial charge on any atom is -0.480 e. The number of ether oxygens (including phenoxy) is 1. The first-order valence-electron chi connectivity index (χ1n) is 12.7. The van der Waals surface area contributed by atoms with Crippen LogP contribution >= 0.6 is 0 Å². The molecule has 3 heterocycles. The summed E-state index contributed by atoms with van der Waals surface area (Å²) >= 11 is 0. The van der Waals surface area contributed by atoms with Crippen LogP contribution in [0.1, 0.15) is 23.0 Å². The number of nitrogens with zero attached hydrogens (tertiary/aromatic N) is 4. The third-order valence-corrected chi connectivity index (χ3v) is 7.88. The third kappa shape index (κ3) is 5.67. The Kier molecular flexibility index (Phi) is 7.80. The van der Waals surface area contributed by atoms with E-state index in [1.54, 1.807) is 0 Å². The van der Waals surface area contributed by atoms with Crippen LogP contribution in [-0.4, -0.2) is 46.4 Å². The van der Waals surface area contributed by atoms with Gasteiger partial charge in [0, 0.05) is 30.5 Å². The Balaban J connectivity index is 1.84. The summed E-state index contributed by atoms with van der Waals surface area (Å²) in [4.78, 5) is 11.6. The fourth-order valence-electron chi connectivity index (χ4n) is 4.78. The zero-order chi connectivity index (χ0) is 32.1. The van der Waals surface area contributed by atoms with Gasteiger partial charge < -0.3 is 18.8 Å². The van der Waals surface area contributed by atoms with Gasteiger partial charge in [0.1, 0.15) is 23.2 Å². The van der Waals surface area contributed by atoms with Gasteiger partial charge in [0.25, 0.3) is 0 Å². The summed E-state index contributed by atoms with van der Waals surface area (Å²) in [5.41, 5.74) is -0.873. The van der Waals surface area contributed by atoms with E-state index in [0.29, 0.717) is 0 Å². The molecular formula is C29H23F5N4O5S. The zero-order valence-electron chi connectivity index (χ0n) is 23.5. The van der Waals surface area contributed by atoms with Crippen molar-refractivity contribution >= 4 is 9.84 Å². The summed E-state index contributed by atoms with van der Waals surface area (Å²) in [7, 11) is -2.68. The number of hydrogen-bond donors (Lipinski definition) is 1. The highest BCUT2D eigenvalue weighted by molar-refractivity contribution is 7.90. The number of aromatic nitrogens is 4. The number of aryl methyl sites for hydroxylation is 2. The SMILES string of the molecule is COc1ncc(F)cc1-c1oc(C)nc1-c1cc(-c2cc(F)c(CO)c(S(C)(=O)=O)c2)ccc1-n1cc(C(F)(F)F)nc1C. The first-order valence-corrected chi connectivity index (χ1v) is 14.6. The molecule has 0 amide bonds. The number of pyridine rings is 1. The molecule has 0 fully saturated rings. The van der Waals surface area contributed by atoms with Gasteiger partial charge in [-0.1, -0.05) is 6.07 Å². The molecule has 0 saturated heterocycles. The molecule has 15 heteroatoms. The van der Waals surface area contributed by atoms with Gasteiger partial charge in [0.05, 0.1) is 36.1 Å². The van der Waals surface area contributed by atoms with Crippen LogP contribution in [-0.2, 0) is 22.6 Å². The second-order valence-corrected chi connectivity index (χ2v) is 11.7. The lowest BCUT2D eigenvalue weighted by Gasteiger charge is -2.15. The number of hydrogen-bond acceptors (Lipinski definition) is 8. The molecule has 0 spiro atoms. The lowest BCUT2D eigenvalue weighted by atomic mass is 9.97. The molecule has 9 nitrogen and oxygen atoms in total. The van der Waals surface area contributed by atoms with E-state index in [2.05, 4.69) is 15.0 Å². The maximum absolute atomic E-state index is 15.0. The largest absolute Gasteiger partial charge is 0.480 e. The van der Waals surface area contributed by atoms with Gasteiger partial charge in [-0.05, 0) is 48.4 Å². The van der Waals surface area contributed by atoms with Crippen LogP contribution in [0.5, 0.6) is 5.88 Å². The van der Waals surface area contributed by atoms with Crippen LogP contribution in [0.2, 0.25) is 0 Å². The molecule has 44 heavy (non-hydrogen) atoms. The lowest BCUT2D eigenvalue weighted by Crippen LogP contribution is -2.06. The van der Waals surface area contributed by atoms with E-state index in [-0.39, 0.29) is 57.0 Å². The van der Waals surface area contributed by atoms with Crippen LogP contribution < -0.4 is 4.74 Å². The van der Waals surface area contributed by atoms with Gasteiger partial charge in [-0.3, -0.25) is 0 Å². The number of methoxy groups -OCH3 is 1. The van der Waals surface area contributed by atoms with E-state index in [1.165, 1.54) is 49.8 Å². The van der Waals surface area contributed by atoms with Crippen molar-refractivity contribution in [2.24, 2.45) is 0 Å². The van der Waals surface area contributed by atoms with Crippen molar-refractivity contribution in [2.45, 2.75) is 31.5 Å². The lowest BCUT2D eigenvalue weighted by molar-refractivity contribution is -0.141. The molecule has 0 aliphatic carbocycles. The molecular weight excluding hydrogens is 611 g/mol. The highest BCUT2D eigenvalue weighted by Gasteiger charge is 2.35. The molecule has 0 radical (unpaired) electrons. The summed E-state index contributed by atoms with van der Waals surface area (Å²) in [6.45, 7) is 2.00. The normalized spacial score (nSPS) is 12.1. The smallest absolute Gasteiger partial charge is 0.434 e. The number of alkyl halides is 3. The van der Waals surface area contributed by atoms with Crippen molar-refractivity contribution in [3.05, 3.63) is 83.4 Å². The molecule has 0 aliphatic heterocycles. The van der Waals surface area contributed by atoms with E-state index in [1.807, 2.05) is 0 Å². The van der Waals surface area contributed by atoms with Crippen molar-refractivity contribution in [3.63, 3.8) is 0 Å². The molecule has 2 aromatic carbocycles. The van der Waals surface area contributed by atoms with E-state index in [9.17, 15) is 31.1 Å². The standard InChI is InChI=1S/C29H23F5N4O5S/c1-14-36-25(29(32,33)34)12-38(14)23-6-5-16(17-8-22(31)21(13-39)24(9-17)44(4,40)41)7-19(23)26-27(43-15(2)37-26)20-10-18(30)11-35-28(20)42-3/h5-12,39H,13H2,1-4H3. The van der Waals surface area contributed by atoms with E-state index < -0.39 is 50.4 Å². The van der Waals surface area contributed by atoms with Crippen LogP contribution in [0.25, 0.3) is 39.4 Å². The van der Waals surface area contributed by atoms with E-state index in [0.717, 1.165) is 30.8 Å². The maximum Gasteiger partial charge on any atom is 0.434 e. The van der Waals surface area contributed by atoms with Gasteiger partial charge >= 0.3 is 6.18 Å². The molecule has 0 unspecified atom stereocenters. The van der Waals surface area contributed by atoms with Crippen molar-refractivity contribution < 1.29 is 44.6 Å². The second kappa shape index (κ2) is 11.1. The van der Waals surface area contributed by atoms with Crippen molar-refractivity contribution in [3.8, 4) is 45.3 Å². The van der Waals surface area contributed by atoms with Crippen LogP contribution in [0.3, 0.4) is 0 Å². The predicted molar refractivity (Wildman–Crippen MR) is 148 cm³/mol. The van der Waals surface area contributed by atoms with Gasteiger partial charge in [-0.2, -0.15) is 13.2 Å². The second-order valence-electron chi connectivity index (χ2n) is 9.76. The fraction of sp³-hybridized carbons (Fsp3) is 0.207. The minimum absolute atomic E-state index is 0.0286. The predicted octanol–water partition coefficient (Wildman–Crippen LogP) is 6.07. The number of sulfone groups is 1. The Hall–Kier alpha value is -4.63. The summed E-state index contributed by atoms with van der Waals surface area (Å²) in [6, 6.07) is 7.61. The topological polar surface area (TPSA) is 120 Å². The Labute approximate surface area is 247 Å². The molecule has 230 valence electrons. The number of oxazole rings is 1. The highest BCUT2D eigenvalue weighted by Crippen LogP contribution is 2.42. The Morgan fingerprint density at radius 1 is 1.02 bits per heavy atom. The monoisotopic (exact) mass is 634 g/mol. The summed E-state index contributed by atoms with van der Waals surface area (Å²) in [5.74, 6) is -1.70. The molecule has 3 aromatic heterocycles. The molecule has 5 aromatic rings. The maximum atomic E-state index is 15.0. The van der Waals surface area contributed by atoms with E-state index in [4.69, 9.17) is 9.15 Å². The Morgan fingerprint density at radius 2 is 1.75 bits per heavy atom. The average molecular weight is 635 g/mol. The molecule has 0 bridgehead atoms. The summed E-state index contributed by atoms with van der Waals surface area (Å²) < 4.78 is 107. The molecule has 0 aliphatic rings. The minimum atomic E-state index is -4.75. The summed E-state index contributed by atoms with van der Waals surface area (Å²) in [5, 5.41) is 9.61. The highest BCUT2D eigenvalue weighted by atomic mass is 32.2. The number of imidazole rings is 1. The zero-order valence-corrected chi connectivity index (χ0v) is 24.3. The third-order valence-electron chi connectivity index (χ3n) is 6.72. The molecule has 5 rings (SSSR count). The quantitative estimate of drug-likeness (QED) is 0.214. The van der Waals surface area contributed by atoms with Crippen molar-refractivity contribution in [1.82, 2.24) is 19.5 Å². The van der Waals surface area contributed by atoms with Crippen LogP contribution in [0.15, 0.2) is 58.1 Å². The molecule has 0 saturated carbocycles. The number of aliphatic hydroxyl groups excluding tert-OH is 1. The number of aliphatic hydroxyl groups is 1. The molecule has 1 N–H and O–H groups in total. The van der Waals surface area contributed by atoms with Gasteiger partial charge in [0.15, 0.2) is 27.2 Å². The van der Waals surface area contributed by atoms with Gasteiger partial charge in [-0.25, -0.2) is 32.2 Å². The van der Waals surface area contributed by atoms with Gasteiger partial charge in [0.2, 0.25) is 5.88 Å². The van der Waals surface area contributed by atoms with Crippen molar-refractivity contribution in [2.75, 3.05) is 13.4 Å². The van der Waals surface area contributed by atoms with Crippen molar-refractivity contribution in [1.29, 1.82) is 0 Å². The number of benzene rings is 2. The first-order chi connectivity index (χ1) is 20.6. The Morgan fingerprint density at radius 3 is 2.36 bits per heavy atom. The molecule has 0 atom stereocenters. The number of halogens is 5. The van der Waals surface area contributed by atoms with Crippen LogP contribution in [0, 0.1) is 25.5 Å². The Bertz CT molecular complexity index is 2020. The van der Waals surface area contributed by atoms with E-state index >= 15 is 4.39 Å². The first kappa shape index (κ1) is 30.8. The number of rotatable bonds is 7. The summed E-state index contributed by atoms with van der Waals surface area (Å²) in [6.07, 6.45) is -2.17. The van der Waals surface area contributed by atoms with Gasteiger partial charge in [-0.15, -0.1) is 0 Å². The average Bonchev–Trinajstić information content (AvgIpc) is 3.54. The fourth-order valence-corrected chi connectivity index (χ4v) is 5.73.